The maximum atomic E-state index is 3.45. The van der Waals surface area contributed by atoms with E-state index in [4.69, 9.17) is 0 Å². The van der Waals surface area contributed by atoms with Crippen molar-refractivity contribution in [1.82, 2.24) is 10.2 Å². The van der Waals surface area contributed by atoms with E-state index in [1.165, 1.54) is 16.9 Å². The number of aryl methyl sites for hydroxylation is 1. The molecule has 0 aliphatic heterocycles. The molecule has 1 aromatic rings. The second-order valence-electron chi connectivity index (χ2n) is 5.27. The first-order chi connectivity index (χ1) is 9.10. The van der Waals surface area contributed by atoms with Crippen molar-refractivity contribution in [2.45, 2.75) is 32.4 Å². The molecule has 108 valence electrons. The number of hydrogen-bond donors (Lipinski definition) is 1. The molecule has 0 saturated carbocycles. The fourth-order valence-corrected chi connectivity index (χ4v) is 3.09. The highest BCUT2D eigenvalue weighted by Crippen LogP contribution is 2.20. The third kappa shape index (κ3) is 5.17. The molecule has 1 aromatic carbocycles. The molecular weight excluding hydrogens is 252 g/mol. The summed E-state index contributed by atoms with van der Waals surface area (Å²) in [6.07, 6.45) is 3.32. The average Bonchev–Trinajstić information content (AvgIpc) is 2.41. The van der Waals surface area contributed by atoms with Gasteiger partial charge in [0.15, 0.2) is 0 Å². The fraction of sp³-hybridized carbons (Fsp3) is 0.625. The molecule has 0 aliphatic rings. The summed E-state index contributed by atoms with van der Waals surface area (Å²) in [4.78, 5) is 2.46. The van der Waals surface area contributed by atoms with E-state index in [2.05, 4.69) is 68.7 Å². The van der Waals surface area contributed by atoms with Crippen LogP contribution in [0.5, 0.6) is 0 Å². The standard InChI is InChI=1S/C16H28N2S/c1-13-8-6-7-9-15(13)16(17-3)10-11-18(4)14(2)12-19-5/h6-9,14,16-17H,10-12H2,1-5H3. The number of rotatable bonds is 8. The molecule has 0 spiro atoms. The zero-order chi connectivity index (χ0) is 14.3. The number of hydrogen-bond acceptors (Lipinski definition) is 3. The predicted octanol–water partition coefficient (Wildman–Crippen LogP) is 3.33. The van der Waals surface area contributed by atoms with Crippen LogP contribution in [0.1, 0.15) is 30.5 Å². The molecule has 2 nitrogen and oxygen atoms in total. The van der Waals surface area contributed by atoms with Crippen LogP contribution in [0.2, 0.25) is 0 Å². The molecule has 0 heterocycles. The van der Waals surface area contributed by atoms with Gasteiger partial charge in [-0.05, 0) is 58.3 Å². The molecule has 2 atom stereocenters. The Hall–Kier alpha value is -0.510. The summed E-state index contributed by atoms with van der Waals surface area (Å²) in [5.41, 5.74) is 2.80. The van der Waals surface area contributed by atoms with Crippen molar-refractivity contribution in [1.29, 1.82) is 0 Å². The largest absolute Gasteiger partial charge is 0.313 e. The molecule has 0 radical (unpaired) electrons. The summed E-state index contributed by atoms with van der Waals surface area (Å²) < 4.78 is 0. The van der Waals surface area contributed by atoms with Gasteiger partial charge in [0, 0.05) is 17.8 Å². The third-order valence-electron chi connectivity index (χ3n) is 3.84. The van der Waals surface area contributed by atoms with E-state index >= 15 is 0 Å². The lowest BCUT2D eigenvalue weighted by Crippen LogP contribution is -2.34. The molecule has 3 heteroatoms. The smallest absolute Gasteiger partial charge is 0.0332 e. The van der Waals surface area contributed by atoms with Crippen molar-refractivity contribution < 1.29 is 0 Å². The van der Waals surface area contributed by atoms with Gasteiger partial charge >= 0.3 is 0 Å². The maximum Gasteiger partial charge on any atom is 0.0332 e. The van der Waals surface area contributed by atoms with Crippen LogP contribution in [0.4, 0.5) is 0 Å². The summed E-state index contributed by atoms with van der Waals surface area (Å²) in [6.45, 7) is 5.62. The first-order valence-corrected chi connectivity index (χ1v) is 8.41. The molecule has 1 rings (SSSR count). The highest BCUT2D eigenvalue weighted by molar-refractivity contribution is 7.98. The highest BCUT2D eigenvalue weighted by Gasteiger charge is 2.14. The van der Waals surface area contributed by atoms with Gasteiger partial charge in [-0.25, -0.2) is 0 Å². The van der Waals surface area contributed by atoms with Gasteiger partial charge in [-0.2, -0.15) is 11.8 Å². The van der Waals surface area contributed by atoms with E-state index in [-0.39, 0.29) is 0 Å². The van der Waals surface area contributed by atoms with E-state index in [1.54, 1.807) is 0 Å². The van der Waals surface area contributed by atoms with E-state index in [1.807, 2.05) is 11.8 Å². The Labute approximate surface area is 123 Å². The van der Waals surface area contributed by atoms with Crippen molar-refractivity contribution in [2.24, 2.45) is 0 Å². The Balaban J connectivity index is 2.56. The number of thioether (sulfide) groups is 1. The molecule has 0 aliphatic carbocycles. The molecule has 1 N–H and O–H groups in total. The summed E-state index contributed by atoms with van der Waals surface area (Å²) >= 11 is 1.92. The van der Waals surface area contributed by atoms with E-state index in [0.29, 0.717) is 12.1 Å². The number of benzene rings is 1. The van der Waals surface area contributed by atoms with Crippen LogP contribution in [0, 0.1) is 6.92 Å². The number of nitrogens with zero attached hydrogens (tertiary/aromatic N) is 1. The van der Waals surface area contributed by atoms with Crippen molar-refractivity contribution in [2.75, 3.05) is 32.6 Å². The maximum absolute atomic E-state index is 3.45. The summed E-state index contributed by atoms with van der Waals surface area (Å²) in [5.74, 6) is 1.20. The van der Waals surface area contributed by atoms with E-state index in [9.17, 15) is 0 Å². The zero-order valence-electron chi connectivity index (χ0n) is 12.9. The monoisotopic (exact) mass is 280 g/mol. The summed E-state index contributed by atoms with van der Waals surface area (Å²) in [5, 5.41) is 3.45. The van der Waals surface area contributed by atoms with Crippen LogP contribution in [0.15, 0.2) is 24.3 Å². The van der Waals surface area contributed by atoms with Crippen LogP contribution in [-0.4, -0.2) is 43.6 Å². The van der Waals surface area contributed by atoms with Crippen LogP contribution in [0.25, 0.3) is 0 Å². The van der Waals surface area contributed by atoms with Crippen LogP contribution < -0.4 is 5.32 Å². The molecule has 0 saturated heterocycles. The van der Waals surface area contributed by atoms with Gasteiger partial charge < -0.3 is 10.2 Å². The number of nitrogens with one attached hydrogen (secondary N) is 1. The molecule has 0 aromatic heterocycles. The molecule has 0 amide bonds. The first-order valence-electron chi connectivity index (χ1n) is 7.02. The Morgan fingerprint density at radius 3 is 2.58 bits per heavy atom. The van der Waals surface area contributed by atoms with Gasteiger partial charge in [0.1, 0.15) is 0 Å². The molecule has 0 fully saturated rings. The topological polar surface area (TPSA) is 15.3 Å². The Kier molecular flexibility index (Phi) is 7.51. The molecular formula is C16H28N2S. The van der Waals surface area contributed by atoms with Gasteiger partial charge in [0.25, 0.3) is 0 Å². The van der Waals surface area contributed by atoms with Gasteiger partial charge in [0.2, 0.25) is 0 Å². The SMILES string of the molecule is CNC(CCN(C)C(C)CSC)c1ccccc1C. The lowest BCUT2D eigenvalue weighted by Gasteiger charge is -2.27. The van der Waals surface area contributed by atoms with Crippen molar-refractivity contribution in [3.05, 3.63) is 35.4 Å². The van der Waals surface area contributed by atoms with Crippen molar-refractivity contribution >= 4 is 11.8 Å². The molecule has 2 unspecified atom stereocenters. The lowest BCUT2D eigenvalue weighted by molar-refractivity contribution is 0.262. The lowest BCUT2D eigenvalue weighted by atomic mass is 9.98. The molecule has 19 heavy (non-hydrogen) atoms. The van der Waals surface area contributed by atoms with Crippen molar-refractivity contribution in [3.63, 3.8) is 0 Å². The third-order valence-corrected chi connectivity index (χ3v) is 4.66. The normalized spacial score (nSPS) is 14.6. The van der Waals surface area contributed by atoms with Gasteiger partial charge in [0.05, 0.1) is 0 Å². The van der Waals surface area contributed by atoms with Gasteiger partial charge in [-0.1, -0.05) is 24.3 Å². The fourth-order valence-electron chi connectivity index (χ4n) is 2.35. The Bertz CT molecular complexity index is 368. The highest BCUT2D eigenvalue weighted by atomic mass is 32.2. The van der Waals surface area contributed by atoms with E-state index < -0.39 is 0 Å². The predicted molar refractivity (Wildman–Crippen MR) is 88.1 cm³/mol. The zero-order valence-corrected chi connectivity index (χ0v) is 13.8. The minimum Gasteiger partial charge on any atom is -0.313 e. The average molecular weight is 280 g/mol. The second kappa shape index (κ2) is 8.62. The summed E-state index contributed by atoms with van der Waals surface area (Å²) in [7, 11) is 4.29. The van der Waals surface area contributed by atoms with Gasteiger partial charge in [-0.15, -0.1) is 0 Å². The Morgan fingerprint density at radius 2 is 2.00 bits per heavy atom. The van der Waals surface area contributed by atoms with Crippen molar-refractivity contribution in [3.8, 4) is 0 Å². The second-order valence-corrected chi connectivity index (χ2v) is 6.18. The van der Waals surface area contributed by atoms with Crippen LogP contribution in [0.3, 0.4) is 0 Å². The first kappa shape index (κ1) is 16.5. The minimum absolute atomic E-state index is 0.449. The van der Waals surface area contributed by atoms with E-state index in [0.717, 1.165) is 13.0 Å². The molecule has 0 bridgehead atoms. The Morgan fingerprint density at radius 1 is 1.32 bits per heavy atom. The van der Waals surface area contributed by atoms with Crippen LogP contribution in [-0.2, 0) is 0 Å². The van der Waals surface area contributed by atoms with Crippen LogP contribution >= 0.6 is 11.8 Å². The quantitative estimate of drug-likeness (QED) is 0.786. The minimum atomic E-state index is 0.449. The van der Waals surface area contributed by atoms with Gasteiger partial charge in [-0.3, -0.25) is 0 Å². The summed E-state index contributed by atoms with van der Waals surface area (Å²) in [6, 6.07) is 9.77.